The Morgan fingerprint density at radius 2 is 1.82 bits per heavy atom. The first-order chi connectivity index (χ1) is 19.0. The van der Waals surface area contributed by atoms with Crippen molar-refractivity contribution in [2.24, 2.45) is 0 Å². The SMILES string of the molecule is CC(C)(C)OC(=O)NCc1cc2cc(-c3ccc(C(=S)N4CCC(F)(F)CC4)cn3)cc(-c3ccncc3)c2o1. The van der Waals surface area contributed by atoms with Crippen molar-refractivity contribution in [2.75, 3.05) is 13.1 Å². The van der Waals surface area contributed by atoms with E-state index >= 15 is 0 Å². The van der Waals surface area contributed by atoms with Gasteiger partial charge < -0.3 is 19.4 Å². The molecule has 1 aromatic carbocycles. The van der Waals surface area contributed by atoms with Gasteiger partial charge in [0, 0.05) is 66.6 Å². The molecule has 5 rings (SSSR count). The molecule has 0 spiro atoms. The highest BCUT2D eigenvalue weighted by molar-refractivity contribution is 7.80. The fourth-order valence-corrected chi connectivity index (χ4v) is 4.87. The van der Waals surface area contributed by atoms with Crippen LogP contribution < -0.4 is 5.32 Å². The van der Waals surface area contributed by atoms with E-state index in [1.807, 2.05) is 47.4 Å². The summed E-state index contributed by atoms with van der Waals surface area (Å²) in [5.74, 6) is -2.05. The van der Waals surface area contributed by atoms with Crippen molar-refractivity contribution < 1.29 is 22.7 Å². The van der Waals surface area contributed by atoms with Gasteiger partial charge >= 0.3 is 6.09 Å². The number of thiocarbonyl (C=S) groups is 1. The van der Waals surface area contributed by atoms with E-state index in [1.165, 1.54) is 0 Å². The van der Waals surface area contributed by atoms with Gasteiger partial charge in [0.1, 0.15) is 21.9 Å². The van der Waals surface area contributed by atoms with Gasteiger partial charge in [-0.1, -0.05) is 12.2 Å². The molecule has 1 fully saturated rings. The standard InChI is InChI=1S/C30H30F2N4O3S/c1-29(2,3)39-28(37)35-18-23-15-22-14-21(16-24(26(22)38-23)19-6-10-33-11-7-19)25-5-4-20(17-34-25)27(40)36-12-8-30(31,32)9-13-36/h4-7,10-11,14-17H,8-9,12-13,18H2,1-3H3,(H,35,37). The number of pyridine rings is 2. The van der Waals surface area contributed by atoms with Gasteiger partial charge in [0.05, 0.1) is 12.2 Å². The molecule has 1 N–H and O–H groups in total. The van der Waals surface area contributed by atoms with Crippen LogP contribution >= 0.6 is 12.2 Å². The molecule has 0 saturated carbocycles. The molecule has 1 amide bonds. The molecule has 4 aromatic rings. The Morgan fingerprint density at radius 3 is 2.48 bits per heavy atom. The van der Waals surface area contributed by atoms with E-state index < -0.39 is 17.6 Å². The molecule has 7 nitrogen and oxygen atoms in total. The third kappa shape index (κ3) is 6.44. The largest absolute Gasteiger partial charge is 0.459 e. The number of halogens is 2. The van der Waals surface area contributed by atoms with Gasteiger partial charge in [0.25, 0.3) is 5.92 Å². The van der Waals surface area contributed by atoms with Crippen molar-refractivity contribution in [1.29, 1.82) is 0 Å². The summed E-state index contributed by atoms with van der Waals surface area (Å²) in [4.78, 5) is 23.3. The zero-order valence-electron chi connectivity index (χ0n) is 22.5. The van der Waals surface area contributed by atoms with Gasteiger partial charge in [-0.15, -0.1) is 0 Å². The predicted octanol–water partition coefficient (Wildman–Crippen LogP) is 6.99. The lowest BCUT2D eigenvalue weighted by molar-refractivity contribution is -0.0430. The predicted molar refractivity (Wildman–Crippen MR) is 153 cm³/mol. The third-order valence-electron chi connectivity index (χ3n) is 6.55. The molecule has 1 aliphatic rings. The third-order valence-corrected chi connectivity index (χ3v) is 7.05. The minimum atomic E-state index is -2.63. The van der Waals surface area contributed by atoms with Crippen LogP contribution in [0.2, 0.25) is 0 Å². The average molecular weight is 565 g/mol. The highest BCUT2D eigenvalue weighted by Crippen LogP contribution is 2.36. The molecule has 208 valence electrons. The molecule has 0 radical (unpaired) electrons. The number of rotatable bonds is 5. The minimum Gasteiger partial charge on any atom is -0.459 e. The number of furan rings is 1. The van der Waals surface area contributed by atoms with E-state index in [2.05, 4.69) is 15.3 Å². The average Bonchev–Trinajstić information content (AvgIpc) is 3.34. The van der Waals surface area contributed by atoms with E-state index in [0.717, 1.165) is 33.3 Å². The van der Waals surface area contributed by atoms with Crippen LogP contribution in [0.15, 0.2) is 65.5 Å². The summed E-state index contributed by atoms with van der Waals surface area (Å²) in [7, 11) is 0. The first-order valence-electron chi connectivity index (χ1n) is 13.0. The molecule has 0 unspecified atom stereocenters. The Hall–Kier alpha value is -3.92. The number of carbonyl (C=O) groups is 1. The van der Waals surface area contributed by atoms with Gasteiger partial charge in [0.2, 0.25) is 0 Å². The van der Waals surface area contributed by atoms with Crippen molar-refractivity contribution in [3.05, 3.63) is 72.4 Å². The molecule has 0 atom stereocenters. The fourth-order valence-electron chi connectivity index (χ4n) is 4.57. The van der Waals surface area contributed by atoms with Crippen molar-refractivity contribution >= 4 is 34.3 Å². The smallest absolute Gasteiger partial charge is 0.408 e. The van der Waals surface area contributed by atoms with Gasteiger partial charge in [-0.25, -0.2) is 13.6 Å². The zero-order valence-corrected chi connectivity index (χ0v) is 23.4. The zero-order chi connectivity index (χ0) is 28.5. The number of ether oxygens (including phenoxy) is 1. The van der Waals surface area contributed by atoms with Crippen LogP contribution in [0.1, 0.15) is 44.9 Å². The number of nitrogens with zero attached hydrogens (tertiary/aromatic N) is 3. The number of aromatic nitrogens is 2. The number of benzene rings is 1. The number of likely N-dealkylation sites (tertiary alicyclic amines) is 1. The lowest BCUT2D eigenvalue weighted by Crippen LogP contribution is -2.42. The molecule has 0 aliphatic carbocycles. The lowest BCUT2D eigenvalue weighted by Gasteiger charge is -2.33. The summed E-state index contributed by atoms with van der Waals surface area (Å²) in [5.41, 5.74) is 4.16. The van der Waals surface area contributed by atoms with Gasteiger partial charge in [-0.2, -0.15) is 0 Å². The Morgan fingerprint density at radius 1 is 1.10 bits per heavy atom. The topological polar surface area (TPSA) is 80.5 Å². The summed E-state index contributed by atoms with van der Waals surface area (Å²) in [6.45, 7) is 6.04. The van der Waals surface area contributed by atoms with Crippen LogP contribution in [0, 0.1) is 0 Å². The second kappa shape index (κ2) is 10.9. The van der Waals surface area contributed by atoms with Gasteiger partial charge in [-0.05, 0) is 68.8 Å². The van der Waals surface area contributed by atoms with Gasteiger partial charge in [-0.3, -0.25) is 9.97 Å². The van der Waals surface area contributed by atoms with E-state index in [4.69, 9.17) is 21.4 Å². The maximum atomic E-state index is 13.6. The summed E-state index contributed by atoms with van der Waals surface area (Å²) < 4.78 is 38.6. The summed E-state index contributed by atoms with van der Waals surface area (Å²) in [6, 6.07) is 13.4. The molecule has 1 aliphatic heterocycles. The molecule has 0 bridgehead atoms. The van der Waals surface area contributed by atoms with Gasteiger partial charge in [0.15, 0.2) is 0 Å². The lowest BCUT2D eigenvalue weighted by atomic mass is 9.99. The maximum Gasteiger partial charge on any atom is 0.408 e. The summed E-state index contributed by atoms with van der Waals surface area (Å²) in [5, 5.41) is 3.58. The highest BCUT2D eigenvalue weighted by atomic mass is 32.1. The van der Waals surface area contributed by atoms with Crippen molar-refractivity contribution in [1.82, 2.24) is 20.2 Å². The number of fused-ring (bicyclic) bond motifs is 1. The molecule has 1 saturated heterocycles. The molecule has 3 aromatic heterocycles. The van der Waals surface area contributed by atoms with E-state index in [-0.39, 0.29) is 32.5 Å². The number of piperidine rings is 1. The van der Waals surface area contributed by atoms with Crippen LogP contribution in [-0.4, -0.2) is 50.6 Å². The van der Waals surface area contributed by atoms with Crippen molar-refractivity contribution in [3.8, 4) is 22.4 Å². The Balaban J connectivity index is 1.42. The molecular weight excluding hydrogens is 534 g/mol. The maximum absolute atomic E-state index is 13.6. The van der Waals surface area contributed by atoms with Crippen molar-refractivity contribution in [3.63, 3.8) is 0 Å². The monoisotopic (exact) mass is 564 g/mol. The highest BCUT2D eigenvalue weighted by Gasteiger charge is 2.34. The molecule has 40 heavy (non-hydrogen) atoms. The number of nitrogens with one attached hydrogen (secondary N) is 1. The second-order valence-corrected chi connectivity index (χ2v) is 11.2. The number of hydrogen-bond donors (Lipinski definition) is 1. The first kappa shape index (κ1) is 27.6. The number of hydrogen-bond acceptors (Lipinski definition) is 6. The molecular formula is C30H30F2N4O3S. The molecule has 4 heterocycles. The summed E-state index contributed by atoms with van der Waals surface area (Å²) >= 11 is 5.58. The number of carbonyl (C=O) groups excluding carboxylic acids is 1. The van der Waals surface area contributed by atoms with E-state index in [9.17, 15) is 13.6 Å². The van der Waals surface area contributed by atoms with Crippen LogP contribution in [0.3, 0.4) is 0 Å². The fraction of sp³-hybridized carbons (Fsp3) is 0.333. The number of alkyl halides is 2. The Labute approximate surface area is 236 Å². The minimum absolute atomic E-state index is 0.168. The quantitative estimate of drug-likeness (QED) is 0.262. The molecule has 10 heteroatoms. The normalized spacial score (nSPS) is 15.2. The van der Waals surface area contributed by atoms with Crippen LogP contribution in [0.25, 0.3) is 33.4 Å². The first-order valence-corrected chi connectivity index (χ1v) is 13.5. The van der Waals surface area contributed by atoms with Crippen molar-refractivity contribution in [2.45, 2.75) is 51.7 Å². The Kier molecular flexibility index (Phi) is 7.55. The Bertz CT molecular complexity index is 1520. The van der Waals surface area contributed by atoms with Crippen LogP contribution in [-0.2, 0) is 11.3 Å². The second-order valence-electron chi connectivity index (χ2n) is 10.8. The number of alkyl carbamates (subject to hydrolysis) is 1. The van der Waals surface area contributed by atoms with Crippen LogP contribution in [0.5, 0.6) is 0 Å². The van der Waals surface area contributed by atoms with E-state index in [1.54, 1.807) is 39.4 Å². The van der Waals surface area contributed by atoms with Crippen LogP contribution in [0.4, 0.5) is 13.6 Å². The summed E-state index contributed by atoms with van der Waals surface area (Å²) in [6.07, 6.45) is 4.20. The van der Waals surface area contributed by atoms with E-state index in [0.29, 0.717) is 16.3 Å². The number of amides is 1.